The van der Waals surface area contributed by atoms with Crippen molar-refractivity contribution in [1.29, 1.82) is 5.41 Å². The Labute approximate surface area is 206 Å². The van der Waals surface area contributed by atoms with E-state index in [4.69, 9.17) is 19.4 Å². The first-order valence-electron chi connectivity index (χ1n) is 10.7. The second kappa shape index (κ2) is 12.1. The Hall–Kier alpha value is -4.78. The van der Waals surface area contributed by atoms with Crippen LogP contribution in [-0.4, -0.2) is 64.7 Å². The number of aliphatic hydroxyl groups excluding tert-OH is 1. The molecule has 36 heavy (non-hydrogen) atoms. The van der Waals surface area contributed by atoms with Gasteiger partial charge in [0.15, 0.2) is 0 Å². The zero-order valence-electron chi connectivity index (χ0n) is 19.7. The van der Waals surface area contributed by atoms with Crippen molar-refractivity contribution >= 4 is 17.6 Å². The molecule has 0 saturated carbocycles. The lowest BCUT2D eigenvalue weighted by atomic mass is 10.2. The van der Waals surface area contributed by atoms with Crippen LogP contribution in [0.1, 0.15) is 28.0 Å². The van der Waals surface area contributed by atoms with Crippen molar-refractivity contribution in [2.24, 2.45) is 0 Å². The number of pyridine rings is 1. The third-order valence-corrected chi connectivity index (χ3v) is 4.45. The van der Waals surface area contributed by atoms with Crippen molar-refractivity contribution in [2.45, 2.75) is 13.0 Å². The summed E-state index contributed by atoms with van der Waals surface area (Å²) in [6, 6.07) is 7.68. The van der Waals surface area contributed by atoms with Gasteiger partial charge < -0.3 is 35.1 Å². The molecular weight excluding hydrogens is 470 g/mol. The highest BCUT2D eigenvalue weighted by molar-refractivity contribution is 6.09. The van der Waals surface area contributed by atoms with Gasteiger partial charge in [-0.1, -0.05) is 5.16 Å². The molecule has 2 amide bonds. The first-order valence-corrected chi connectivity index (χ1v) is 10.7. The number of rotatable bonds is 10. The Morgan fingerprint density at radius 3 is 2.61 bits per heavy atom. The van der Waals surface area contributed by atoms with Crippen LogP contribution >= 0.6 is 0 Å². The van der Waals surface area contributed by atoms with E-state index in [0.717, 1.165) is 0 Å². The number of carbonyl (C=O) groups excluding carboxylic acids is 2. The maximum atomic E-state index is 12.7. The molecular formula is C23H25N7O6. The predicted molar refractivity (Wildman–Crippen MR) is 128 cm³/mol. The zero-order chi connectivity index (χ0) is 26.1. The van der Waals surface area contributed by atoms with Crippen molar-refractivity contribution < 1.29 is 28.7 Å². The molecule has 5 N–H and O–H groups in total. The van der Waals surface area contributed by atoms with Gasteiger partial charge >= 0.3 is 11.8 Å². The van der Waals surface area contributed by atoms with Crippen molar-refractivity contribution in [3.05, 3.63) is 60.3 Å². The van der Waals surface area contributed by atoms with E-state index in [1.165, 1.54) is 37.7 Å². The van der Waals surface area contributed by atoms with Gasteiger partial charge in [-0.25, -0.2) is 4.98 Å². The molecule has 0 spiro atoms. The van der Waals surface area contributed by atoms with E-state index in [0.29, 0.717) is 11.4 Å². The first-order chi connectivity index (χ1) is 17.3. The number of nitrogens with zero attached hydrogens (tertiary/aromatic N) is 3. The van der Waals surface area contributed by atoms with E-state index in [1.807, 2.05) is 0 Å². The largest absolute Gasteiger partial charge is 0.488 e. The highest BCUT2D eigenvalue weighted by Crippen LogP contribution is 2.29. The van der Waals surface area contributed by atoms with Gasteiger partial charge in [0.1, 0.15) is 34.9 Å². The molecule has 188 valence electrons. The van der Waals surface area contributed by atoms with Gasteiger partial charge in [-0.05, 0) is 43.5 Å². The van der Waals surface area contributed by atoms with Gasteiger partial charge in [0, 0.05) is 25.7 Å². The lowest BCUT2D eigenvalue weighted by molar-refractivity contribution is 0.0918. The summed E-state index contributed by atoms with van der Waals surface area (Å²) in [4.78, 5) is 32.5. The molecule has 2 aromatic heterocycles. The fourth-order valence-electron chi connectivity index (χ4n) is 2.74. The monoisotopic (exact) mass is 495 g/mol. The molecule has 1 aromatic carbocycles. The Morgan fingerprint density at radius 2 is 1.94 bits per heavy atom. The highest BCUT2D eigenvalue weighted by Gasteiger charge is 2.16. The number of amides is 2. The van der Waals surface area contributed by atoms with Gasteiger partial charge in [0.05, 0.1) is 12.8 Å². The van der Waals surface area contributed by atoms with E-state index in [2.05, 4.69) is 31.1 Å². The number of hydrogen-bond donors (Lipinski definition) is 5. The Balaban J connectivity index is 1.81. The summed E-state index contributed by atoms with van der Waals surface area (Å²) in [5, 5.41) is 28.5. The van der Waals surface area contributed by atoms with E-state index in [-0.39, 0.29) is 41.2 Å². The van der Waals surface area contributed by atoms with Crippen molar-refractivity contribution in [1.82, 2.24) is 31.1 Å². The molecule has 0 aliphatic heterocycles. The third-order valence-electron chi connectivity index (χ3n) is 4.45. The van der Waals surface area contributed by atoms with Crippen LogP contribution in [0.5, 0.6) is 17.2 Å². The van der Waals surface area contributed by atoms with Crippen LogP contribution < -0.4 is 25.4 Å². The number of nitrogens with one attached hydrogen (secondary N) is 4. The molecule has 0 aliphatic carbocycles. The quantitative estimate of drug-likeness (QED) is 0.204. The van der Waals surface area contributed by atoms with Crippen molar-refractivity contribution in [3.8, 4) is 28.8 Å². The second-order valence-electron chi connectivity index (χ2n) is 7.28. The van der Waals surface area contributed by atoms with E-state index >= 15 is 0 Å². The smallest absolute Gasteiger partial charge is 0.316 e. The van der Waals surface area contributed by atoms with E-state index in [1.54, 1.807) is 32.2 Å². The summed E-state index contributed by atoms with van der Waals surface area (Å²) in [6.07, 6.45) is 3.78. The van der Waals surface area contributed by atoms with Crippen LogP contribution in [0.15, 0.2) is 53.3 Å². The molecule has 0 bridgehead atoms. The lowest BCUT2D eigenvalue weighted by Crippen LogP contribution is -2.28. The van der Waals surface area contributed by atoms with E-state index < -0.39 is 17.9 Å². The van der Waals surface area contributed by atoms with Crippen molar-refractivity contribution in [2.75, 3.05) is 20.7 Å². The van der Waals surface area contributed by atoms with Crippen molar-refractivity contribution in [3.63, 3.8) is 0 Å². The fraction of sp³-hybridized carbons (Fsp3) is 0.217. The molecule has 13 heteroatoms. The summed E-state index contributed by atoms with van der Waals surface area (Å²) >= 11 is 0. The number of amidine groups is 1. The van der Waals surface area contributed by atoms with Crippen LogP contribution in [0.3, 0.4) is 0 Å². The van der Waals surface area contributed by atoms with Gasteiger partial charge in [-0.15, -0.1) is 0 Å². The molecule has 0 unspecified atom stereocenters. The van der Waals surface area contributed by atoms with Gasteiger partial charge in [0.2, 0.25) is 5.82 Å². The van der Waals surface area contributed by atoms with Crippen LogP contribution in [0.4, 0.5) is 0 Å². The minimum Gasteiger partial charge on any atom is -0.488 e. The molecule has 1 atom stereocenters. The summed E-state index contributed by atoms with van der Waals surface area (Å²) in [5.74, 6) is -0.369. The summed E-state index contributed by atoms with van der Waals surface area (Å²) in [6.45, 7) is 1.44. The lowest BCUT2D eigenvalue weighted by Gasteiger charge is -2.15. The highest BCUT2D eigenvalue weighted by atomic mass is 16.5. The van der Waals surface area contributed by atoms with Crippen LogP contribution in [-0.2, 0) is 0 Å². The number of aromatic nitrogens is 3. The number of aliphatic hydroxyl groups is 1. The molecule has 0 saturated heterocycles. The summed E-state index contributed by atoms with van der Waals surface area (Å²) in [7, 11) is 3.12. The predicted octanol–water partition coefficient (Wildman–Crippen LogP) is 1.48. The summed E-state index contributed by atoms with van der Waals surface area (Å²) in [5.41, 5.74) is 0.525. The Morgan fingerprint density at radius 1 is 1.17 bits per heavy atom. The van der Waals surface area contributed by atoms with Gasteiger partial charge in [0.25, 0.3) is 5.91 Å². The topological polar surface area (TPSA) is 185 Å². The second-order valence-corrected chi connectivity index (χ2v) is 7.28. The minimum absolute atomic E-state index is 0.118. The molecule has 0 fully saturated rings. The van der Waals surface area contributed by atoms with E-state index in [9.17, 15) is 14.7 Å². The third kappa shape index (κ3) is 6.87. The maximum Gasteiger partial charge on any atom is 0.316 e. The number of ether oxygens (including phenoxy) is 2. The molecule has 0 radical (unpaired) electrons. The van der Waals surface area contributed by atoms with Gasteiger partial charge in [-0.3, -0.25) is 15.0 Å². The Bertz CT molecular complexity index is 1260. The fourth-order valence-corrected chi connectivity index (χ4v) is 2.74. The number of carbonyl (C=O) groups is 2. The number of hydrogen-bond acceptors (Lipinski definition) is 11. The molecule has 3 aromatic rings. The number of benzene rings is 1. The maximum absolute atomic E-state index is 12.7. The van der Waals surface area contributed by atoms with Gasteiger partial charge in [-0.2, -0.15) is 4.98 Å². The molecule has 0 aliphatic rings. The molecule has 2 heterocycles. The van der Waals surface area contributed by atoms with Crippen LogP contribution in [0.25, 0.3) is 11.5 Å². The Kier molecular flexibility index (Phi) is 8.67. The average Bonchev–Trinajstić information content (AvgIpc) is 3.37. The molecule has 3 rings (SSSR count). The normalized spacial score (nSPS) is 11.6. The average molecular weight is 495 g/mol. The first kappa shape index (κ1) is 25.8. The SMILES string of the molecule is CN/C=C\C(=N)NC(=O)c1cc(Oc2ccc(-c3noc(C(=O)NC)n3)nc2)cc(O[C@@H](C)CO)c1. The zero-order valence-corrected chi connectivity index (χ0v) is 19.7. The standard InChI is InChI=1S/C23H25N7O6/c1-13(12-31)34-16-8-14(21(32)28-19(24)6-7-25-2)9-17(10-16)35-15-4-5-18(27-11-15)20-29-23(36-30-20)22(33)26-3/h4-11,13,25,31H,12H2,1-3H3,(H,26,33)(H2,24,28,32)/b7-6-/t13-/m0/s1. The van der Waals surface area contributed by atoms with Crippen LogP contribution in [0, 0.1) is 5.41 Å². The minimum atomic E-state index is -0.551. The van der Waals surface area contributed by atoms with Crippen LogP contribution in [0.2, 0.25) is 0 Å². The summed E-state index contributed by atoms with van der Waals surface area (Å²) < 4.78 is 16.4. The molecule has 13 nitrogen and oxygen atoms in total.